The van der Waals surface area contributed by atoms with Crippen LogP contribution in [0.2, 0.25) is 0 Å². The molecule has 1 aliphatic heterocycles. The molecular weight excluding hydrogens is 410 g/mol. The molecule has 3 rings (SSSR count). The summed E-state index contributed by atoms with van der Waals surface area (Å²) in [6, 6.07) is 11.8. The summed E-state index contributed by atoms with van der Waals surface area (Å²) in [6.07, 6.45) is 0. The smallest absolute Gasteiger partial charge is 0.273 e. The largest absolute Gasteiger partial charge is 0.493 e. The number of amides is 2. The summed E-state index contributed by atoms with van der Waals surface area (Å²) >= 11 is 0. The van der Waals surface area contributed by atoms with Gasteiger partial charge in [0.15, 0.2) is 0 Å². The number of rotatable bonds is 5. The van der Waals surface area contributed by atoms with Gasteiger partial charge in [0.2, 0.25) is 0 Å². The van der Waals surface area contributed by atoms with E-state index in [0.717, 1.165) is 0 Å². The summed E-state index contributed by atoms with van der Waals surface area (Å²) in [6.45, 7) is 9.51. The van der Waals surface area contributed by atoms with Gasteiger partial charge in [-0.2, -0.15) is 0 Å². The average molecular weight is 440 g/mol. The third-order valence-corrected chi connectivity index (χ3v) is 5.52. The molecule has 0 radical (unpaired) electrons. The SMILES string of the molecule is CCOc1ccccc1C(=O)N1CCN(C(=O)c2ccc(C(C)(C)C)c([N+](=O)[O-])c2)CC1. The zero-order chi connectivity index (χ0) is 23.5. The third kappa shape index (κ3) is 4.90. The minimum absolute atomic E-state index is 0.0512. The number of piperazine rings is 1. The Kier molecular flexibility index (Phi) is 6.81. The third-order valence-electron chi connectivity index (χ3n) is 5.52. The Morgan fingerprint density at radius 3 is 2.16 bits per heavy atom. The van der Waals surface area contributed by atoms with Gasteiger partial charge in [0.1, 0.15) is 5.75 Å². The Morgan fingerprint density at radius 1 is 1.00 bits per heavy atom. The minimum Gasteiger partial charge on any atom is -0.493 e. The van der Waals surface area contributed by atoms with Crippen LogP contribution in [0.4, 0.5) is 5.69 Å². The molecule has 0 aliphatic carbocycles. The molecule has 0 spiro atoms. The fourth-order valence-corrected chi connectivity index (χ4v) is 3.84. The van der Waals surface area contributed by atoms with Crippen LogP contribution in [0.1, 0.15) is 54.0 Å². The quantitative estimate of drug-likeness (QED) is 0.521. The number of para-hydroxylation sites is 1. The molecule has 2 amide bonds. The number of nitro benzene ring substituents is 1. The molecule has 0 atom stereocenters. The van der Waals surface area contributed by atoms with E-state index in [1.165, 1.54) is 6.07 Å². The molecule has 170 valence electrons. The highest BCUT2D eigenvalue weighted by Gasteiger charge is 2.30. The number of ether oxygens (including phenoxy) is 1. The Balaban J connectivity index is 1.72. The predicted molar refractivity (Wildman–Crippen MR) is 121 cm³/mol. The van der Waals surface area contributed by atoms with Crippen LogP contribution in [-0.4, -0.2) is 59.3 Å². The number of nitrogens with zero attached hydrogens (tertiary/aromatic N) is 3. The summed E-state index contributed by atoms with van der Waals surface area (Å²) in [5.74, 6) is 0.145. The number of carbonyl (C=O) groups excluding carboxylic acids is 2. The molecule has 0 saturated carbocycles. The van der Waals surface area contributed by atoms with E-state index in [2.05, 4.69) is 0 Å². The van der Waals surface area contributed by atoms with Gasteiger partial charge in [-0.15, -0.1) is 0 Å². The lowest BCUT2D eigenvalue weighted by Crippen LogP contribution is -2.50. The Hall–Kier alpha value is -3.42. The molecule has 1 saturated heterocycles. The van der Waals surface area contributed by atoms with E-state index >= 15 is 0 Å². The molecule has 8 nitrogen and oxygen atoms in total. The molecule has 0 bridgehead atoms. The van der Waals surface area contributed by atoms with E-state index in [9.17, 15) is 19.7 Å². The van der Waals surface area contributed by atoms with Gasteiger partial charge in [0.25, 0.3) is 17.5 Å². The summed E-state index contributed by atoms with van der Waals surface area (Å²) in [5.41, 5.74) is 0.911. The van der Waals surface area contributed by atoms with Gasteiger partial charge in [-0.25, -0.2) is 0 Å². The summed E-state index contributed by atoms with van der Waals surface area (Å²) in [4.78, 5) is 40.4. The van der Waals surface area contributed by atoms with Gasteiger partial charge >= 0.3 is 0 Å². The number of benzene rings is 2. The highest BCUT2D eigenvalue weighted by molar-refractivity contribution is 5.98. The van der Waals surface area contributed by atoms with Gasteiger partial charge in [-0.05, 0) is 30.5 Å². The van der Waals surface area contributed by atoms with Crippen LogP contribution in [0.3, 0.4) is 0 Å². The molecule has 8 heteroatoms. The van der Waals surface area contributed by atoms with Crippen molar-refractivity contribution in [1.29, 1.82) is 0 Å². The first-order chi connectivity index (χ1) is 15.1. The summed E-state index contributed by atoms with van der Waals surface area (Å²) in [5, 5.41) is 11.6. The van der Waals surface area contributed by atoms with Gasteiger partial charge in [-0.3, -0.25) is 19.7 Å². The molecular formula is C24H29N3O5. The van der Waals surface area contributed by atoms with E-state index < -0.39 is 10.3 Å². The molecule has 1 heterocycles. The van der Waals surface area contributed by atoms with Crippen LogP contribution in [0.5, 0.6) is 5.75 Å². The monoisotopic (exact) mass is 439 g/mol. The number of hydrogen-bond donors (Lipinski definition) is 0. The lowest BCUT2D eigenvalue weighted by atomic mass is 9.85. The molecule has 2 aromatic carbocycles. The Bertz CT molecular complexity index is 1020. The second kappa shape index (κ2) is 9.38. The zero-order valence-corrected chi connectivity index (χ0v) is 19.0. The van der Waals surface area contributed by atoms with E-state index in [0.29, 0.717) is 49.7 Å². The summed E-state index contributed by atoms with van der Waals surface area (Å²) < 4.78 is 5.56. The second-order valence-electron chi connectivity index (χ2n) is 8.75. The molecule has 0 aromatic heterocycles. The Morgan fingerprint density at radius 2 is 1.59 bits per heavy atom. The standard InChI is InChI=1S/C24H29N3O5/c1-5-32-21-9-7-6-8-18(21)23(29)26-14-12-25(13-15-26)22(28)17-10-11-19(24(2,3)4)20(16-17)27(30)31/h6-11,16H,5,12-15H2,1-4H3. The number of nitro groups is 1. The lowest BCUT2D eigenvalue weighted by molar-refractivity contribution is -0.386. The lowest BCUT2D eigenvalue weighted by Gasteiger charge is -2.35. The maximum absolute atomic E-state index is 13.0. The van der Waals surface area contributed by atoms with Crippen LogP contribution in [0.25, 0.3) is 0 Å². The average Bonchev–Trinajstić information content (AvgIpc) is 2.78. The van der Waals surface area contributed by atoms with Crippen molar-refractivity contribution in [2.75, 3.05) is 32.8 Å². The van der Waals surface area contributed by atoms with Crippen molar-refractivity contribution in [2.24, 2.45) is 0 Å². The Labute approximate surface area is 187 Å². The normalized spacial score (nSPS) is 14.2. The number of hydrogen-bond acceptors (Lipinski definition) is 5. The molecule has 0 N–H and O–H groups in total. The first kappa shape index (κ1) is 23.2. The maximum Gasteiger partial charge on any atom is 0.273 e. The van der Waals surface area contributed by atoms with Crippen LogP contribution in [-0.2, 0) is 5.41 Å². The first-order valence-electron chi connectivity index (χ1n) is 10.7. The van der Waals surface area contributed by atoms with E-state index in [1.807, 2.05) is 33.8 Å². The molecule has 32 heavy (non-hydrogen) atoms. The zero-order valence-electron chi connectivity index (χ0n) is 19.0. The van der Waals surface area contributed by atoms with E-state index in [-0.39, 0.29) is 23.1 Å². The fraction of sp³-hybridized carbons (Fsp3) is 0.417. The van der Waals surface area contributed by atoms with Crippen molar-refractivity contribution in [3.63, 3.8) is 0 Å². The van der Waals surface area contributed by atoms with Crippen molar-refractivity contribution < 1.29 is 19.2 Å². The van der Waals surface area contributed by atoms with Crippen LogP contribution >= 0.6 is 0 Å². The highest BCUT2D eigenvalue weighted by Crippen LogP contribution is 2.32. The molecule has 1 fully saturated rings. The molecule has 2 aromatic rings. The summed E-state index contributed by atoms with van der Waals surface area (Å²) in [7, 11) is 0. The topological polar surface area (TPSA) is 93.0 Å². The van der Waals surface area contributed by atoms with Crippen molar-refractivity contribution >= 4 is 17.5 Å². The maximum atomic E-state index is 13.0. The minimum atomic E-state index is -0.441. The van der Waals surface area contributed by atoms with Crippen LogP contribution in [0.15, 0.2) is 42.5 Å². The van der Waals surface area contributed by atoms with E-state index in [4.69, 9.17) is 4.74 Å². The molecule has 0 unspecified atom stereocenters. The van der Waals surface area contributed by atoms with Gasteiger partial charge in [-0.1, -0.05) is 39.0 Å². The van der Waals surface area contributed by atoms with Crippen molar-refractivity contribution in [3.8, 4) is 5.75 Å². The van der Waals surface area contributed by atoms with Crippen LogP contribution < -0.4 is 4.74 Å². The van der Waals surface area contributed by atoms with Gasteiger partial charge in [0.05, 0.1) is 17.1 Å². The predicted octanol–water partition coefficient (Wildman–Crippen LogP) is 3.89. The van der Waals surface area contributed by atoms with Gasteiger partial charge < -0.3 is 14.5 Å². The molecule has 1 aliphatic rings. The highest BCUT2D eigenvalue weighted by atomic mass is 16.6. The van der Waals surface area contributed by atoms with Crippen LogP contribution in [0, 0.1) is 10.1 Å². The second-order valence-corrected chi connectivity index (χ2v) is 8.75. The van der Waals surface area contributed by atoms with E-state index in [1.54, 1.807) is 40.1 Å². The first-order valence-corrected chi connectivity index (χ1v) is 10.7. The van der Waals surface area contributed by atoms with Gasteiger partial charge in [0, 0.05) is 43.4 Å². The van der Waals surface area contributed by atoms with Crippen molar-refractivity contribution in [2.45, 2.75) is 33.1 Å². The fourth-order valence-electron chi connectivity index (χ4n) is 3.84. The van der Waals surface area contributed by atoms with Crippen molar-refractivity contribution in [3.05, 3.63) is 69.3 Å². The van der Waals surface area contributed by atoms with Crippen molar-refractivity contribution in [1.82, 2.24) is 9.80 Å². The number of carbonyl (C=O) groups is 2.